The first-order valence-electron chi connectivity index (χ1n) is 7.20. The van der Waals surface area contributed by atoms with Crippen LogP contribution in [-0.2, 0) is 4.84 Å². The number of hydrogen-bond donors (Lipinski definition) is 2. The second-order valence-corrected chi connectivity index (χ2v) is 5.58. The maximum absolute atomic E-state index is 5.83. The maximum atomic E-state index is 5.83. The largest absolute Gasteiger partial charge is 0.493 e. The fourth-order valence-corrected chi connectivity index (χ4v) is 2.13. The Morgan fingerprint density at radius 3 is 2.61 bits per heavy atom. The highest BCUT2D eigenvalue weighted by atomic mass is 35.5. The van der Waals surface area contributed by atoms with E-state index in [1.807, 2.05) is 45.0 Å². The average Bonchev–Trinajstić information content (AvgIpc) is 2.40. The van der Waals surface area contributed by atoms with E-state index in [1.165, 1.54) is 10.6 Å². The Morgan fingerprint density at radius 2 is 1.96 bits per heavy atom. The number of ether oxygens (including phenoxy) is 1. The molecule has 1 aliphatic heterocycles. The molecule has 0 bridgehead atoms. The fraction of sp³-hybridized carbons (Fsp3) is 0.467. The third-order valence-corrected chi connectivity index (χ3v) is 3.09. The Hall–Kier alpha value is -1.99. The Bertz CT molecular complexity index is 589. The van der Waals surface area contributed by atoms with Crippen LogP contribution in [0.2, 0.25) is 0 Å². The van der Waals surface area contributed by atoms with Crippen LogP contribution in [0, 0.1) is 6.92 Å². The first-order valence-corrected chi connectivity index (χ1v) is 7.20. The standard InChI is InChI=1S/C15H23N5O2.ClH/c1-11-6-4-7-12(10-11)21-8-5-9-22-20-14(17)18-13(16)19-15(20,2)3;/h4,6-7,10H,5,8-9H2,1-3H3,(H4,16,17,18,19);1H. The van der Waals surface area contributed by atoms with Crippen molar-refractivity contribution >= 4 is 24.3 Å². The summed E-state index contributed by atoms with van der Waals surface area (Å²) in [5, 5.41) is 1.47. The summed E-state index contributed by atoms with van der Waals surface area (Å²) in [6.45, 7) is 6.74. The molecular formula is C15H24ClN5O2. The molecule has 0 aromatic heterocycles. The average molecular weight is 342 g/mol. The highest BCUT2D eigenvalue weighted by Gasteiger charge is 2.32. The van der Waals surface area contributed by atoms with Gasteiger partial charge in [0.2, 0.25) is 11.9 Å². The van der Waals surface area contributed by atoms with Crippen LogP contribution in [0.3, 0.4) is 0 Å². The minimum atomic E-state index is -0.673. The maximum Gasteiger partial charge on any atom is 0.226 e. The monoisotopic (exact) mass is 341 g/mol. The fourth-order valence-electron chi connectivity index (χ4n) is 2.13. The molecule has 1 aromatic rings. The summed E-state index contributed by atoms with van der Waals surface area (Å²) in [6.07, 6.45) is 0.715. The van der Waals surface area contributed by atoms with Crippen molar-refractivity contribution in [3.8, 4) is 5.75 Å². The summed E-state index contributed by atoms with van der Waals surface area (Å²) in [5.41, 5.74) is 11.9. The predicted molar refractivity (Wildman–Crippen MR) is 93.7 cm³/mol. The Morgan fingerprint density at radius 1 is 1.22 bits per heavy atom. The number of hydrogen-bond acceptors (Lipinski definition) is 7. The van der Waals surface area contributed by atoms with Crippen molar-refractivity contribution in [2.24, 2.45) is 21.5 Å². The molecule has 0 amide bonds. The lowest BCUT2D eigenvalue weighted by Crippen LogP contribution is -2.53. The number of aryl methyl sites for hydroxylation is 1. The molecule has 0 radical (unpaired) electrons. The summed E-state index contributed by atoms with van der Waals surface area (Å²) in [4.78, 5) is 13.8. The molecule has 7 nitrogen and oxygen atoms in total. The van der Waals surface area contributed by atoms with Gasteiger partial charge in [0, 0.05) is 6.42 Å². The third kappa shape index (κ3) is 5.30. The second-order valence-electron chi connectivity index (χ2n) is 5.58. The third-order valence-electron chi connectivity index (χ3n) is 3.09. The van der Waals surface area contributed by atoms with E-state index in [1.54, 1.807) is 0 Å². The zero-order chi connectivity index (χ0) is 16.2. The van der Waals surface area contributed by atoms with Crippen molar-refractivity contribution in [1.82, 2.24) is 5.06 Å². The predicted octanol–water partition coefficient (Wildman–Crippen LogP) is 1.80. The summed E-state index contributed by atoms with van der Waals surface area (Å²) in [5.74, 6) is 1.22. The molecular weight excluding hydrogens is 318 g/mol. The zero-order valence-electron chi connectivity index (χ0n) is 13.7. The van der Waals surface area contributed by atoms with Gasteiger partial charge in [-0.1, -0.05) is 12.1 Å². The lowest BCUT2D eigenvalue weighted by atomic mass is 10.2. The number of aliphatic imine (C=N–C) groups is 2. The van der Waals surface area contributed by atoms with Crippen molar-refractivity contribution in [2.45, 2.75) is 32.9 Å². The smallest absolute Gasteiger partial charge is 0.226 e. The minimum Gasteiger partial charge on any atom is -0.493 e. The van der Waals surface area contributed by atoms with Gasteiger partial charge in [0.25, 0.3) is 0 Å². The van der Waals surface area contributed by atoms with Gasteiger partial charge in [-0.2, -0.15) is 10.1 Å². The van der Waals surface area contributed by atoms with Gasteiger partial charge in [0.1, 0.15) is 5.75 Å². The van der Waals surface area contributed by atoms with Crippen LogP contribution < -0.4 is 16.2 Å². The van der Waals surface area contributed by atoms with Crippen LogP contribution >= 0.6 is 12.4 Å². The molecule has 1 aliphatic rings. The quantitative estimate of drug-likeness (QED) is 0.769. The number of nitrogens with zero attached hydrogens (tertiary/aromatic N) is 3. The molecule has 0 fully saturated rings. The molecule has 23 heavy (non-hydrogen) atoms. The van der Waals surface area contributed by atoms with Gasteiger partial charge in [-0.15, -0.1) is 12.4 Å². The van der Waals surface area contributed by atoms with Gasteiger partial charge in [-0.05, 0) is 38.5 Å². The molecule has 8 heteroatoms. The molecule has 1 heterocycles. The van der Waals surface area contributed by atoms with E-state index < -0.39 is 5.66 Å². The van der Waals surface area contributed by atoms with Crippen molar-refractivity contribution in [3.05, 3.63) is 29.8 Å². The normalized spacial score (nSPS) is 16.2. The van der Waals surface area contributed by atoms with Crippen molar-refractivity contribution in [1.29, 1.82) is 0 Å². The van der Waals surface area contributed by atoms with Gasteiger partial charge in [-0.25, -0.2) is 4.99 Å². The van der Waals surface area contributed by atoms with Gasteiger partial charge >= 0.3 is 0 Å². The van der Waals surface area contributed by atoms with E-state index >= 15 is 0 Å². The topological polar surface area (TPSA) is 98.5 Å². The van der Waals surface area contributed by atoms with Crippen LogP contribution in [0.25, 0.3) is 0 Å². The molecule has 0 aliphatic carbocycles. The van der Waals surface area contributed by atoms with Gasteiger partial charge in [0.15, 0.2) is 5.66 Å². The van der Waals surface area contributed by atoms with E-state index in [2.05, 4.69) is 9.98 Å². The summed E-state index contributed by atoms with van der Waals surface area (Å²) in [7, 11) is 0. The van der Waals surface area contributed by atoms with E-state index in [0.29, 0.717) is 19.6 Å². The molecule has 2 rings (SSSR count). The van der Waals surface area contributed by atoms with Crippen LogP contribution in [0.15, 0.2) is 34.3 Å². The van der Waals surface area contributed by atoms with Crippen molar-refractivity contribution in [2.75, 3.05) is 13.2 Å². The SMILES string of the molecule is Cc1cccc(OCCCON2C(N)=NC(N)=NC2(C)C)c1.Cl. The number of halogens is 1. The summed E-state index contributed by atoms with van der Waals surface area (Å²) in [6, 6.07) is 7.93. The lowest BCUT2D eigenvalue weighted by Gasteiger charge is -2.36. The number of benzene rings is 1. The Labute approximate surface area is 142 Å². The molecule has 4 N–H and O–H groups in total. The molecule has 1 aromatic carbocycles. The van der Waals surface area contributed by atoms with Crippen molar-refractivity contribution in [3.63, 3.8) is 0 Å². The minimum absolute atomic E-state index is 0. The first kappa shape index (κ1) is 19.1. The first-order chi connectivity index (χ1) is 10.4. The van der Waals surface area contributed by atoms with Crippen LogP contribution in [0.1, 0.15) is 25.8 Å². The highest BCUT2D eigenvalue weighted by Crippen LogP contribution is 2.20. The van der Waals surface area contributed by atoms with Gasteiger partial charge < -0.3 is 16.2 Å². The molecule has 0 saturated carbocycles. The van der Waals surface area contributed by atoms with Crippen molar-refractivity contribution < 1.29 is 9.57 Å². The Kier molecular flexibility index (Phi) is 6.65. The van der Waals surface area contributed by atoms with Crippen LogP contribution in [0.4, 0.5) is 0 Å². The van der Waals surface area contributed by atoms with E-state index in [0.717, 1.165) is 5.75 Å². The number of hydroxylamine groups is 2. The molecule has 128 valence electrons. The van der Waals surface area contributed by atoms with E-state index in [-0.39, 0.29) is 24.3 Å². The van der Waals surface area contributed by atoms with E-state index in [4.69, 9.17) is 21.0 Å². The van der Waals surface area contributed by atoms with Crippen LogP contribution in [-0.4, -0.2) is 35.9 Å². The summed E-state index contributed by atoms with van der Waals surface area (Å²) < 4.78 is 5.66. The molecule has 0 spiro atoms. The second kappa shape index (κ2) is 8.03. The van der Waals surface area contributed by atoms with Gasteiger partial charge in [0.05, 0.1) is 13.2 Å². The molecule has 0 unspecified atom stereocenters. The zero-order valence-corrected chi connectivity index (χ0v) is 14.5. The lowest BCUT2D eigenvalue weighted by molar-refractivity contribution is -0.158. The summed E-state index contributed by atoms with van der Waals surface area (Å²) >= 11 is 0. The van der Waals surface area contributed by atoms with Gasteiger partial charge in [-0.3, -0.25) is 4.84 Å². The highest BCUT2D eigenvalue weighted by molar-refractivity contribution is 5.95. The van der Waals surface area contributed by atoms with Crippen LogP contribution in [0.5, 0.6) is 5.75 Å². The molecule has 0 saturated heterocycles. The van der Waals surface area contributed by atoms with E-state index in [9.17, 15) is 0 Å². The number of nitrogens with two attached hydrogens (primary N) is 2. The molecule has 0 atom stereocenters. The number of rotatable bonds is 6. The number of guanidine groups is 2. The Balaban J connectivity index is 0.00000264.